The molecule has 2 heteroatoms. The predicted molar refractivity (Wildman–Crippen MR) is 58.9 cm³/mol. The largest absolute Gasteiger partial charge is 0.381 e. The molecule has 14 heavy (non-hydrogen) atoms. The molecule has 85 valence electrons. The minimum absolute atomic E-state index is 0.0743. The fourth-order valence-corrected chi connectivity index (χ4v) is 1.14. The Morgan fingerprint density at radius 2 is 1.57 bits per heavy atom. The van der Waals surface area contributed by atoms with Crippen LogP contribution in [0.25, 0.3) is 0 Å². The molecule has 0 aromatic rings. The molecule has 0 saturated carbocycles. The van der Waals surface area contributed by atoms with E-state index in [1.807, 2.05) is 0 Å². The summed E-state index contributed by atoms with van der Waals surface area (Å²) >= 11 is 0. The van der Waals surface area contributed by atoms with E-state index in [9.17, 15) is 5.11 Å². The van der Waals surface area contributed by atoms with Crippen molar-refractivity contribution < 1.29 is 9.84 Å². The van der Waals surface area contributed by atoms with Gasteiger partial charge < -0.3 is 4.74 Å². The van der Waals surface area contributed by atoms with Gasteiger partial charge >= 0.3 is 0 Å². The summed E-state index contributed by atoms with van der Waals surface area (Å²) in [6.07, 6.45) is 5.24. The zero-order valence-corrected chi connectivity index (χ0v) is 9.97. The molecule has 0 amide bonds. The fourth-order valence-electron chi connectivity index (χ4n) is 1.14. The summed E-state index contributed by atoms with van der Waals surface area (Å²) in [4.78, 5) is 0. The summed E-state index contributed by atoms with van der Waals surface area (Å²) < 4.78 is 5.51. The highest BCUT2D eigenvalue weighted by molar-refractivity contribution is 4.59. The summed E-state index contributed by atoms with van der Waals surface area (Å²) in [6.45, 7) is 8.48. The van der Waals surface area contributed by atoms with Gasteiger partial charge in [-0.2, -0.15) is 0 Å². The van der Waals surface area contributed by atoms with Gasteiger partial charge in [0.25, 0.3) is 0 Å². The summed E-state index contributed by atoms with van der Waals surface area (Å²) in [5, 5.41) is 10.1. The van der Waals surface area contributed by atoms with Gasteiger partial charge in [-0.25, -0.2) is 5.11 Å². The quantitative estimate of drug-likeness (QED) is 0.553. The van der Waals surface area contributed by atoms with E-state index in [0.29, 0.717) is 5.41 Å². The third-order valence-electron chi connectivity index (χ3n) is 2.18. The van der Waals surface area contributed by atoms with Crippen LogP contribution in [0.4, 0.5) is 0 Å². The number of unbranched alkanes of at least 4 members (excludes halogenated alkanes) is 3. The Hall–Kier alpha value is -0.0800. The fraction of sp³-hybridized carbons (Fsp3) is 1.00. The minimum atomic E-state index is 0.0743. The maximum Gasteiger partial charge on any atom is 0.0822 e. The first-order valence-electron chi connectivity index (χ1n) is 5.72. The van der Waals surface area contributed by atoms with Crippen molar-refractivity contribution in [3.8, 4) is 0 Å². The normalized spacial score (nSPS) is 12.0. The van der Waals surface area contributed by atoms with E-state index < -0.39 is 0 Å². The van der Waals surface area contributed by atoms with Crippen LogP contribution in [0.1, 0.15) is 52.9 Å². The third-order valence-corrected chi connectivity index (χ3v) is 2.18. The number of hydrogen-bond acceptors (Lipinski definition) is 1. The van der Waals surface area contributed by atoms with Gasteiger partial charge in [0.2, 0.25) is 0 Å². The molecule has 0 aromatic carbocycles. The smallest absolute Gasteiger partial charge is 0.0822 e. The first-order valence-corrected chi connectivity index (χ1v) is 5.72. The first-order chi connectivity index (χ1) is 6.56. The zero-order chi connectivity index (χ0) is 10.9. The molecule has 0 N–H and O–H groups in total. The predicted octanol–water partition coefficient (Wildman–Crippen LogP) is 3.43. The highest BCUT2D eigenvalue weighted by Crippen LogP contribution is 2.17. The molecular weight excluding hydrogens is 176 g/mol. The monoisotopic (exact) mass is 201 g/mol. The maximum absolute atomic E-state index is 10.1. The summed E-state index contributed by atoms with van der Waals surface area (Å²) in [5.74, 6) is 0. The average molecular weight is 201 g/mol. The summed E-state index contributed by atoms with van der Waals surface area (Å²) in [7, 11) is 0. The molecule has 0 fully saturated rings. The highest BCUT2D eigenvalue weighted by atomic mass is 16.5. The van der Waals surface area contributed by atoms with Crippen LogP contribution in [0.5, 0.6) is 0 Å². The van der Waals surface area contributed by atoms with Gasteiger partial charge in [-0.05, 0) is 24.7 Å². The van der Waals surface area contributed by atoms with Crippen molar-refractivity contribution in [2.24, 2.45) is 5.41 Å². The molecule has 0 rings (SSSR count). The minimum Gasteiger partial charge on any atom is -0.381 e. The summed E-state index contributed by atoms with van der Waals surface area (Å²) in [5.41, 5.74) is 0.378. The number of rotatable bonds is 8. The average Bonchev–Trinajstić information content (AvgIpc) is 2.08. The van der Waals surface area contributed by atoms with Gasteiger partial charge in [-0.15, -0.1) is 0 Å². The van der Waals surface area contributed by atoms with E-state index in [1.54, 1.807) is 0 Å². The van der Waals surface area contributed by atoms with Crippen LogP contribution in [-0.4, -0.2) is 19.8 Å². The SMILES string of the molecule is CC(C)(C)CCOCCCCCC[O]. The topological polar surface area (TPSA) is 29.1 Å². The molecule has 0 heterocycles. The number of ether oxygens (including phenoxy) is 1. The Morgan fingerprint density at radius 1 is 0.929 bits per heavy atom. The van der Waals surface area contributed by atoms with Gasteiger partial charge in [0, 0.05) is 13.2 Å². The Morgan fingerprint density at radius 3 is 2.14 bits per heavy atom. The third kappa shape index (κ3) is 11.9. The van der Waals surface area contributed by atoms with Crippen molar-refractivity contribution in [2.75, 3.05) is 19.8 Å². The van der Waals surface area contributed by atoms with Crippen LogP contribution >= 0.6 is 0 Å². The van der Waals surface area contributed by atoms with Crippen molar-refractivity contribution in [1.82, 2.24) is 0 Å². The molecule has 0 saturated heterocycles. The molecule has 0 aliphatic heterocycles. The zero-order valence-electron chi connectivity index (χ0n) is 9.97. The lowest BCUT2D eigenvalue weighted by Gasteiger charge is -2.17. The highest BCUT2D eigenvalue weighted by Gasteiger charge is 2.08. The van der Waals surface area contributed by atoms with Crippen molar-refractivity contribution in [2.45, 2.75) is 52.9 Å². The standard InChI is InChI=1S/C12H25O2/c1-12(2,3)8-11-14-10-7-5-4-6-9-13/h4-11H2,1-3H3. The van der Waals surface area contributed by atoms with Gasteiger partial charge in [-0.3, -0.25) is 0 Å². The van der Waals surface area contributed by atoms with Crippen molar-refractivity contribution >= 4 is 0 Å². The van der Waals surface area contributed by atoms with Gasteiger partial charge in [0.15, 0.2) is 0 Å². The van der Waals surface area contributed by atoms with E-state index >= 15 is 0 Å². The second-order valence-corrected chi connectivity index (χ2v) is 5.04. The second kappa shape index (κ2) is 8.25. The summed E-state index contributed by atoms with van der Waals surface area (Å²) in [6, 6.07) is 0. The van der Waals surface area contributed by atoms with E-state index in [4.69, 9.17) is 4.74 Å². The molecule has 0 spiro atoms. The van der Waals surface area contributed by atoms with Gasteiger partial charge in [0.1, 0.15) is 0 Å². The van der Waals surface area contributed by atoms with Crippen LogP contribution in [0.2, 0.25) is 0 Å². The van der Waals surface area contributed by atoms with Crippen molar-refractivity contribution in [1.29, 1.82) is 0 Å². The van der Waals surface area contributed by atoms with Crippen LogP contribution in [0.15, 0.2) is 0 Å². The number of hydrogen-bond donors (Lipinski definition) is 0. The van der Waals surface area contributed by atoms with Crippen LogP contribution < -0.4 is 0 Å². The van der Waals surface area contributed by atoms with E-state index in [1.165, 1.54) is 0 Å². The van der Waals surface area contributed by atoms with Crippen LogP contribution in [0, 0.1) is 5.41 Å². The lowest BCUT2D eigenvalue weighted by atomic mass is 9.93. The molecule has 0 aromatic heterocycles. The van der Waals surface area contributed by atoms with E-state index in [2.05, 4.69) is 20.8 Å². The molecule has 0 aliphatic carbocycles. The maximum atomic E-state index is 10.1. The molecule has 0 unspecified atom stereocenters. The molecule has 0 bridgehead atoms. The van der Waals surface area contributed by atoms with E-state index in [-0.39, 0.29) is 6.61 Å². The Balaban J connectivity index is 2.99. The van der Waals surface area contributed by atoms with E-state index in [0.717, 1.165) is 45.3 Å². The molecule has 1 radical (unpaired) electrons. The molecule has 2 nitrogen and oxygen atoms in total. The van der Waals surface area contributed by atoms with Crippen molar-refractivity contribution in [3.05, 3.63) is 0 Å². The van der Waals surface area contributed by atoms with Crippen LogP contribution in [-0.2, 0) is 9.84 Å². The first kappa shape index (κ1) is 13.9. The van der Waals surface area contributed by atoms with Gasteiger partial charge in [-0.1, -0.05) is 33.6 Å². The van der Waals surface area contributed by atoms with Crippen molar-refractivity contribution in [3.63, 3.8) is 0 Å². The Labute approximate surface area is 88.7 Å². The van der Waals surface area contributed by atoms with Crippen LogP contribution in [0.3, 0.4) is 0 Å². The lowest BCUT2D eigenvalue weighted by Crippen LogP contribution is -2.09. The second-order valence-electron chi connectivity index (χ2n) is 5.04. The van der Waals surface area contributed by atoms with Gasteiger partial charge in [0.05, 0.1) is 6.61 Å². The molecule has 0 aliphatic rings. The Kier molecular flexibility index (Phi) is 8.20. The molecule has 0 atom stereocenters. The Bertz CT molecular complexity index is 116. The molecular formula is C12H25O2. The lowest BCUT2D eigenvalue weighted by molar-refractivity contribution is 0.104.